The summed E-state index contributed by atoms with van der Waals surface area (Å²) in [5.74, 6) is -0.416. The number of nitrogens with one attached hydrogen (secondary N) is 1. The van der Waals surface area contributed by atoms with Crippen molar-refractivity contribution in [2.24, 2.45) is 17.8 Å². The van der Waals surface area contributed by atoms with E-state index >= 15 is 0 Å². The molecule has 0 bridgehead atoms. The minimum absolute atomic E-state index is 0.00630. The summed E-state index contributed by atoms with van der Waals surface area (Å²) in [7, 11) is 0. The Morgan fingerprint density at radius 3 is 2.12 bits per heavy atom. The van der Waals surface area contributed by atoms with E-state index < -0.39 is 12.0 Å². The quantitative estimate of drug-likeness (QED) is 0.791. The van der Waals surface area contributed by atoms with Crippen LogP contribution in [0.4, 0.5) is 0 Å². The summed E-state index contributed by atoms with van der Waals surface area (Å²) in [6.07, 6.45) is 3.91. The van der Waals surface area contributed by atoms with Crippen LogP contribution in [-0.4, -0.2) is 23.0 Å². The molecule has 98 valence electrons. The zero-order chi connectivity index (χ0) is 13.0. The van der Waals surface area contributed by atoms with E-state index in [-0.39, 0.29) is 17.7 Å². The van der Waals surface area contributed by atoms with Crippen LogP contribution in [0.5, 0.6) is 0 Å². The number of rotatable bonds is 4. The van der Waals surface area contributed by atoms with Crippen molar-refractivity contribution in [3.63, 3.8) is 0 Å². The van der Waals surface area contributed by atoms with Gasteiger partial charge in [-0.3, -0.25) is 4.79 Å². The Balaban J connectivity index is 2.50. The van der Waals surface area contributed by atoms with Gasteiger partial charge in [0, 0.05) is 5.92 Å². The molecular weight excluding hydrogens is 218 g/mol. The zero-order valence-electron chi connectivity index (χ0n) is 10.9. The maximum atomic E-state index is 11.9. The highest BCUT2D eigenvalue weighted by atomic mass is 16.4. The molecule has 1 atom stereocenters. The van der Waals surface area contributed by atoms with E-state index in [1.54, 1.807) is 0 Å². The molecule has 2 N–H and O–H groups in total. The standard InChI is InChI=1S/C13H23NO3/c1-8(2)11(13(16)17)14-12(15)10-6-4-9(3)5-7-10/h8-11H,4-7H2,1-3H3,(H,14,15)(H,16,17). The van der Waals surface area contributed by atoms with Crippen molar-refractivity contribution in [1.82, 2.24) is 5.32 Å². The first-order valence-corrected chi connectivity index (χ1v) is 6.45. The number of hydrogen-bond donors (Lipinski definition) is 2. The van der Waals surface area contributed by atoms with Crippen molar-refractivity contribution >= 4 is 11.9 Å². The van der Waals surface area contributed by atoms with E-state index in [0.717, 1.165) is 25.7 Å². The van der Waals surface area contributed by atoms with Gasteiger partial charge in [0.1, 0.15) is 6.04 Å². The van der Waals surface area contributed by atoms with Gasteiger partial charge < -0.3 is 10.4 Å². The zero-order valence-corrected chi connectivity index (χ0v) is 10.9. The molecule has 0 aromatic heterocycles. The van der Waals surface area contributed by atoms with E-state index in [1.807, 2.05) is 13.8 Å². The molecule has 0 aliphatic heterocycles. The number of aliphatic carboxylic acids is 1. The molecule has 1 rings (SSSR count). The monoisotopic (exact) mass is 241 g/mol. The van der Waals surface area contributed by atoms with Crippen molar-refractivity contribution in [2.45, 2.75) is 52.5 Å². The highest BCUT2D eigenvalue weighted by Gasteiger charge is 2.29. The van der Waals surface area contributed by atoms with Crippen LogP contribution in [0.2, 0.25) is 0 Å². The van der Waals surface area contributed by atoms with Gasteiger partial charge in [-0.15, -0.1) is 0 Å². The summed E-state index contributed by atoms with van der Waals surface area (Å²) in [4.78, 5) is 22.9. The highest BCUT2D eigenvalue weighted by Crippen LogP contribution is 2.28. The third-order valence-electron chi connectivity index (χ3n) is 3.62. The summed E-state index contributed by atoms with van der Waals surface area (Å²) in [5.41, 5.74) is 0. The number of carbonyl (C=O) groups excluding carboxylic acids is 1. The van der Waals surface area contributed by atoms with Crippen LogP contribution in [0, 0.1) is 17.8 Å². The molecule has 0 heterocycles. The molecule has 0 aromatic rings. The first-order valence-electron chi connectivity index (χ1n) is 6.45. The number of carbonyl (C=O) groups is 2. The highest BCUT2D eigenvalue weighted by molar-refractivity contribution is 5.85. The number of carboxylic acids is 1. The number of hydrogen-bond acceptors (Lipinski definition) is 2. The van der Waals surface area contributed by atoms with Crippen LogP contribution in [0.3, 0.4) is 0 Å². The minimum atomic E-state index is -0.947. The van der Waals surface area contributed by atoms with Gasteiger partial charge in [-0.2, -0.15) is 0 Å². The molecule has 1 amide bonds. The molecule has 0 radical (unpaired) electrons. The normalized spacial score (nSPS) is 26.6. The van der Waals surface area contributed by atoms with Crippen LogP contribution < -0.4 is 5.32 Å². The lowest BCUT2D eigenvalue weighted by molar-refractivity contribution is -0.144. The fourth-order valence-electron chi connectivity index (χ4n) is 2.31. The second-order valence-electron chi connectivity index (χ2n) is 5.53. The first-order chi connectivity index (χ1) is 7.91. The molecule has 4 nitrogen and oxygen atoms in total. The fraction of sp³-hybridized carbons (Fsp3) is 0.846. The first kappa shape index (κ1) is 14.0. The lowest BCUT2D eigenvalue weighted by Gasteiger charge is -2.27. The summed E-state index contributed by atoms with van der Waals surface area (Å²) in [6.45, 7) is 5.81. The van der Waals surface area contributed by atoms with Crippen LogP contribution in [0.25, 0.3) is 0 Å². The molecule has 1 aliphatic carbocycles. The molecular formula is C13H23NO3. The predicted octanol–water partition coefficient (Wildman–Crippen LogP) is 2.04. The van der Waals surface area contributed by atoms with Crippen molar-refractivity contribution in [3.05, 3.63) is 0 Å². The smallest absolute Gasteiger partial charge is 0.326 e. The van der Waals surface area contributed by atoms with Crippen LogP contribution in [0.1, 0.15) is 46.5 Å². The average Bonchev–Trinajstić information content (AvgIpc) is 2.25. The SMILES string of the molecule is CC1CCC(C(=O)NC(C(=O)O)C(C)C)CC1. The second kappa shape index (κ2) is 6.03. The molecule has 0 saturated heterocycles. The summed E-state index contributed by atoms with van der Waals surface area (Å²) < 4.78 is 0. The van der Waals surface area contributed by atoms with Gasteiger partial charge in [-0.25, -0.2) is 4.79 Å². The predicted molar refractivity (Wildman–Crippen MR) is 65.5 cm³/mol. The summed E-state index contributed by atoms with van der Waals surface area (Å²) in [5, 5.41) is 11.7. The largest absolute Gasteiger partial charge is 0.480 e. The Kier molecular flexibility index (Phi) is 4.97. The fourth-order valence-corrected chi connectivity index (χ4v) is 2.31. The molecule has 1 saturated carbocycles. The van der Waals surface area contributed by atoms with Crippen molar-refractivity contribution in [3.8, 4) is 0 Å². The third-order valence-corrected chi connectivity index (χ3v) is 3.62. The topological polar surface area (TPSA) is 66.4 Å². The molecule has 1 unspecified atom stereocenters. The van der Waals surface area contributed by atoms with Crippen LogP contribution in [0.15, 0.2) is 0 Å². The van der Waals surface area contributed by atoms with Crippen LogP contribution in [-0.2, 0) is 9.59 Å². The van der Waals surface area contributed by atoms with E-state index in [9.17, 15) is 9.59 Å². The van der Waals surface area contributed by atoms with Gasteiger partial charge >= 0.3 is 5.97 Å². The maximum Gasteiger partial charge on any atom is 0.326 e. The summed E-state index contributed by atoms with van der Waals surface area (Å²) in [6, 6.07) is -0.762. The molecule has 1 aliphatic rings. The number of carboxylic acid groups (broad SMARTS) is 1. The molecule has 0 spiro atoms. The van der Waals surface area contributed by atoms with Gasteiger partial charge in [0.05, 0.1) is 0 Å². The van der Waals surface area contributed by atoms with Gasteiger partial charge in [0.15, 0.2) is 0 Å². The summed E-state index contributed by atoms with van der Waals surface area (Å²) >= 11 is 0. The molecule has 0 aromatic carbocycles. The van der Waals surface area contributed by atoms with E-state index in [0.29, 0.717) is 5.92 Å². The van der Waals surface area contributed by atoms with Crippen molar-refractivity contribution in [2.75, 3.05) is 0 Å². The van der Waals surface area contributed by atoms with Gasteiger partial charge in [0.25, 0.3) is 0 Å². The Labute approximate surface area is 103 Å². The van der Waals surface area contributed by atoms with Gasteiger partial charge in [-0.1, -0.05) is 20.8 Å². The van der Waals surface area contributed by atoms with Gasteiger partial charge in [-0.05, 0) is 37.5 Å². The lowest BCUT2D eigenvalue weighted by atomic mass is 9.82. The minimum Gasteiger partial charge on any atom is -0.480 e. The average molecular weight is 241 g/mol. The molecule has 4 heteroatoms. The van der Waals surface area contributed by atoms with Crippen LogP contribution >= 0.6 is 0 Å². The third kappa shape index (κ3) is 4.02. The van der Waals surface area contributed by atoms with E-state index in [4.69, 9.17) is 5.11 Å². The Hall–Kier alpha value is -1.06. The molecule has 17 heavy (non-hydrogen) atoms. The van der Waals surface area contributed by atoms with Gasteiger partial charge in [0.2, 0.25) is 5.91 Å². The van der Waals surface area contributed by atoms with E-state index in [1.165, 1.54) is 0 Å². The van der Waals surface area contributed by atoms with Crippen molar-refractivity contribution < 1.29 is 14.7 Å². The Bertz CT molecular complexity index is 280. The second-order valence-corrected chi connectivity index (χ2v) is 5.53. The molecule has 1 fully saturated rings. The van der Waals surface area contributed by atoms with Crippen molar-refractivity contribution in [1.29, 1.82) is 0 Å². The Morgan fingerprint density at radius 2 is 1.71 bits per heavy atom. The lowest BCUT2D eigenvalue weighted by Crippen LogP contribution is -2.47. The van der Waals surface area contributed by atoms with E-state index in [2.05, 4.69) is 12.2 Å². The maximum absolute atomic E-state index is 11.9. The Morgan fingerprint density at radius 1 is 1.18 bits per heavy atom. The number of amides is 1.